The number of halogens is 1. The van der Waals surface area contributed by atoms with E-state index in [9.17, 15) is 12.8 Å². The molecule has 0 saturated heterocycles. The maximum atomic E-state index is 13.3. The smallest absolute Gasteiger partial charge is 0.207 e. The fourth-order valence-electron chi connectivity index (χ4n) is 1.84. The standard InChI is InChI=1S/C14H13FN2O2S2/c1-2-17(10-12-4-3-7-20-12)21(18,19)13-5-6-14(15)11(8-13)9-16/h3-8H,2,10H2,1H3. The molecule has 1 heterocycles. The Hall–Kier alpha value is -1.75. The zero-order chi connectivity index (χ0) is 15.5. The number of nitriles is 1. The average molecular weight is 324 g/mol. The van der Waals surface area contributed by atoms with E-state index in [-0.39, 0.29) is 17.0 Å². The molecule has 0 fully saturated rings. The number of thiophene rings is 1. The third-order valence-electron chi connectivity index (χ3n) is 2.96. The minimum Gasteiger partial charge on any atom is -0.207 e. The van der Waals surface area contributed by atoms with Crippen LogP contribution in [0.4, 0.5) is 4.39 Å². The molecule has 2 aromatic rings. The molecule has 0 atom stereocenters. The lowest BCUT2D eigenvalue weighted by Gasteiger charge is -2.20. The molecule has 110 valence electrons. The van der Waals surface area contributed by atoms with E-state index in [4.69, 9.17) is 5.26 Å². The molecular weight excluding hydrogens is 311 g/mol. The van der Waals surface area contributed by atoms with Crippen LogP contribution in [0.3, 0.4) is 0 Å². The Morgan fingerprint density at radius 3 is 2.71 bits per heavy atom. The molecule has 1 aromatic heterocycles. The van der Waals surface area contributed by atoms with Gasteiger partial charge in [0.15, 0.2) is 0 Å². The Morgan fingerprint density at radius 1 is 1.38 bits per heavy atom. The Kier molecular flexibility index (Phi) is 4.73. The van der Waals surface area contributed by atoms with Crippen molar-refractivity contribution < 1.29 is 12.8 Å². The van der Waals surface area contributed by atoms with Gasteiger partial charge < -0.3 is 0 Å². The van der Waals surface area contributed by atoms with Crippen LogP contribution in [-0.4, -0.2) is 19.3 Å². The molecule has 1 aromatic carbocycles. The van der Waals surface area contributed by atoms with Crippen molar-refractivity contribution in [3.8, 4) is 6.07 Å². The van der Waals surface area contributed by atoms with Gasteiger partial charge in [-0.2, -0.15) is 9.57 Å². The monoisotopic (exact) mass is 324 g/mol. The van der Waals surface area contributed by atoms with Crippen LogP contribution in [0, 0.1) is 17.1 Å². The molecule has 0 aliphatic carbocycles. The number of nitrogens with zero attached hydrogens (tertiary/aromatic N) is 2. The normalized spacial score (nSPS) is 11.5. The van der Waals surface area contributed by atoms with E-state index in [2.05, 4.69) is 0 Å². The number of hydrogen-bond acceptors (Lipinski definition) is 4. The van der Waals surface area contributed by atoms with E-state index in [1.807, 2.05) is 17.5 Å². The highest BCUT2D eigenvalue weighted by atomic mass is 32.2. The van der Waals surface area contributed by atoms with Crippen molar-refractivity contribution in [2.24, 2.45) is 0 Å². The molecule has 0 radical (unpaired) electrons. The predicted octanol–water partition coefficient (Wildman–Crippen LogP) is 2.97. The van der Waals surface area contributed by atoms with Crippen molar-refractivity contribution in [2.75, 3.05) is 6.54 Å². The van der Waals surface area contributed by atoms with E-state index >= 15 is 0 Å². The molecule has 0 unspecified atom stereocenters. The molecule has 0 amide bonds. The Balaban J connectivity index is 2.37. The van der Waals surface area contributed by atoms with Crippen molar-refractivity contribution in [1.29, 1.82) is 5.26 Å². The Morgan fingerprint density at radius 2 is 2.14 bits per heavy atom. The van der Waals surface area contributed by atoms with Gasteiger partial charge in [0.05, 0.1) is 10.5 Å². The van der Waals surface area contributed by atoms with E-state index < -0.39 is 15.8 Å². The molecule has 0 aliphatic rings. The molecular formula is C14H13FN2O2S2. The second-order valence-corrected chi connectivity index (χ2v) is 7.23. The number of sulfonamides is 1. The maximum Gasteiger partial charge on any atom is 0.243 e. The molecule has 21 heavy (non-hydrogen) atoms. The van der Waals surface area contributed by atoms with Gasteiger partial charge in [0, 0.05) is 18.0 Å². The van der Waals surface area contributed by atoms with E-state index in [0.717, 1.165) is 17.0 Å². The molecule has 4 nitrogen and oxygen atoms in total. The van der Waals surface area contributed by atoms with Crippen LogP contribution in [0.15, 0.2) is 40.6 Å². The minimum absolute atomic E-state index is 0.0705. The van der Waals surface area contributed by atoms with E-state index in [1.54, 1.807) is 13.0 Å². The Bertz CT molecular complexity index is 765. The van der Waals surface area contributed by atoms with Gasteiger partial charge in [-0.25, -0.2) is 12.8 Å². The molecule has 0 saturated carbocycles. The van der Waals surface area contributed by atoms with Crippen LogP contribution in [0.5, 0.6) is 0 Å². The minimum atomic E-state index is -3.75. The van der Waals surface area contributed by atoms with Crippen LogP contribution in [0.25, 0.3) is 0 Å². The van der Waals surface area contributed by atoms with Crippen LogP contribution in [0.2, 0.25) is 0 Å². The first kappa shape index (κ1) is 15.6. The molecule has 0 N–H and O–H groups in total. The molecule has 0 aliphatic heterocycles. The summed E-state index contributed by atoms with van der Waals surface area (Å²) >= 11 is 1.47. The van der Waals surface area contributed by atoms with Crippen molar-refractivity contribution >= 4 is 21.4 Å². The quantitative estimate of drug-likeness (QED) is 0.849. The van der Waals surface area contributed by atoms with Crippen LogP contribution in [-0.2, 0) is 16.6 Å². The molecule has 7 heteroatoms. The zero-order valence-electron chi connectivity index (χ0n) is 11.3. The molecule has 2 rings (SSSR count). The fraction of sp³-hybridized carbons (Fsp3) is 0.214. The van der Waals surface area contributed by atoms with Gasteiger partial charge in [-0.05, 0) is 29.6 Å². The first-order valence-corrected chi connectivity index (χ1v) is 8.53. The third kappa shape index (κ3) is 3.29. The number of benzene rings is 1. The summed E-state index contributed by atoms with van der Waals surface area (Å²) in [4.78, 5) is 0.849. The van der Waals surface area contributed by atoms with Gasteiger partial charge in [-0.3, -0.25) is 0 Å². The summed E-state index contributed by atoms with van der Waals surface area (Å²) in [7, 11) is -3.75. The van der Waals surface area contributed by atoms with Crippen LogP contribution < -0.4 is 0 Å². The molecule has 0 bridgehead atoms. The molecule has 0 spiro atoms. The number of rotatable bonds is 5. The lowest BCUT2D eigenvalue weighted by Crippen LogP contribution is -2.30. The fourth-order valence-corrected chi connectivity index (χ4v) is 4.10. The first-order chi connectivity index (χ1) is 9.98. The van der Waals surface area contributed by atoms with Gasteiger partial charge in [0.25, 0.3) is 0 Å². The van der Waals surface area contributed by atoms with Gasteiger partial charge in [-0.15, -0.1) is 11.3 Å². The summed E-state index contributed by atoms with van der Waals surface area (Å²) in [5.74, 6) is -0.724. The van der Waals surface area contributed by atoms with Gasteiger partial charge in [0.2, 0.25) is 10.0 Å². The summed E-state index contributed by atoms with van der Waals surface area (Å²) in [5.41, 5.74) is -0.275. The van der Waals surface area contributed by atoms with Gasteiger partial charge in [0.1, 0.15) is 11.9 Å². The lowest BCUT2D eigenvalue weighted by atomic mass is 10.2. The average Bonchev–Trinajstić information content (AvgIpc) is 2.97. The van der Waals surface area contributed by atoms with Crippen LogP contribution in [0.1, 0.15) is 17.4 Å². The van der Waals surface area contributed by atoms with E-state index in [1.165, 1.54) is 21.7 Å². The maximum absolute atomic E-state index is 13.3. The highest BCUT2D eigenvalue weighted by molar-refractivity contribution is 7.89. The lowest BCUT2D eigenvalue weighted by molar-refractivity contribution is 0.426. The SMILES string of the molecule is CCN(Cc1cccs1)S(=O)(=O)c1ccc(F)c(C#N)c1. The van der Waals surface area contributed by atoms with Crippen molar-refractivity contribution in [3.05, 3.63) is 52.0 Å². The first-order valence-electron chi connectivity index (χ1n) is 6.21. The van der Waals surface area contributed by atoms with Crippen molar-refractivity contribution in [1.82, 2.24) is 4.31 Å². The Labute approximate surface area is 127 Å². The summed E-state index contributed by atoms with van der Waals surface area (Å²) in [6, 6.07) is 8.62. The topological polar surface area (TPSA) is 61.2 Å². The van der Waals surface area contributed by atoms with Crippen molar-refractivity contribution in [2.45, 2.75) is 18.4 Å². The predicted molar refractivity (Wildman–Crippen MR) is 78.7 cm³/mol. The second-order valence-electron chi connectivity index (χ2n) is 4.26. The summed E-state index contributed by atoms with van der Waals surface area (Å²) < 4.78 is 39.8. The van der Waals surface area contributed by atoms with Crippen molar-refractivity contribution in [3.63, 3.8) is 0 Å². The highest BCUT2D eigenvalue weighted by Gasteiger charge is 2.24. The summed E-state index contributed by atoms with van der Waals surface area (Å²) in [5, 5.41) is 10.7. The van der Waals surface area contributed by atoms with Gasteiger partial charge >= 0.3 is 0 Å². The largest absolute Gasteiger partial charge is 0.243 e. The third-order valence-corrected chi connectivity index (χ3v) is 5.74. The highest BCUT2D eigenvalue weighted by Crippen LogP contribution is 2.22. The summed E-state index contributed by atoms with van der Waals surface area (Å²) in [6.07, 6.45) is 0. The summed E-state index contributed by atoms with van der Waals surface area (Å²) in [6.45, 7) is 2.29. The van der Waals surface area contributed by atoms with Gasteiger partial charge in [-0.1, -0.05) is 13.0 Å². The zero-order valence-corrected chi connectivity index (χ0v) is 12.9. The number of hydrogen-bond donors (Lipinski definition) is 0. The van der Waals surface area contributed by atoms with Crippen LogP contribution >= 0.6 is 11.3 Å². The van der Waals surface area contributed by atoms with E-state index in [0.29, 0.717) is 6.54 Å². The second kappa shape index (κ2) is 6.35.